The Hall–Kier alpha value is -0.850. The number of rotatable bonds is 2. The van der Waals surface area contributed by atoms with E-state index < -0.39 is 0 Å². The fraction of sp³-hybridized carbons (Fsp3) is 0.750. The van der Waals surface area contributed by atoms with E-state index in [2.05, 4.69) is 28.7 Å². The Morgan fingerprint density at radius 1 is 1.40 bits per heavy atom. The number of Topliss-reactive ketones (excluding diaryl/α,β-unsaturated/α-hetero) is 1. The van der Waals surface area contributed by atoms with Crippen molar-refractivity contribution in [2.24, 2.45) is 0 Å². The van der Waals surface area contributed by atoms with E-state index in [0.29, 0.717) is 6.42 Å². The molecule has 0 aliphatic carbocycles. The Morgan fingerprint density at radius 2 is 2.13 bits per heavy atom. The Bertz CT molecular complexity index is 277. The Labute approximate surface area is 92.4 Å². The maximum atomic E-state index is 11.9. The lowest BCUT2D eigenvalue weighted by molar-refractivity contribution is -0.123. The first-order valence-electron chi connectivity index (χ1n) is 5.46. The molecule has 0 radical (unpaired) electrons. The minimum Gasteiger partial charge on any atom is -0.304 e. The fourth-order valence-corrected chi connectivity index (χ4v) is 1.91. The number of hydrogen-bond acceptors (Lipinski definition) is 3. The summed E-state index contributed by atoms with van der Waals surface area (Å²) in [6, 6.07) is 0.0262. The molecule has 84 valence electrons. The number of nitrogens with zero attached hydrogens (tertiary/aromatic N) is 2. The Balaban J connectivity index is 2.61. The van der Waals surface area contributed by atoms with E-state index in [0.717, 1.165) is 26.1 Å². The van der Waals surface area contributed by atoms with Crippen LogP contribution in [0, 0.1) is 11.8 Å². The molecule has 3 nitrogen and oxygen atoms in total. The van der Waals surface area contributed by atoms with Crippen LogP contribution in [0.2, 0.25) is 0 Å². The van der Waals surface area contributed by atoms with Crippen LogP contribution < -0.4 is 0 Å². The molecule has 0 saturated carbocycles. The van der Waals surface area contributed by atoms with Gasteiger partial charge >= 0.3 is 0 Å². The molecule has 1 fully saturated rings. The van der Waals surface area contributed by atoms with Gasteiger partial charge in [-0.15, -0.1) is 5.92 Å². The molecule has 1 aliphatic heterocycles. The SMILES string of the molecule is CC#CCC(=O)C1CN(C)CCCN1C. The number of carbonyl (C=O) groups is 1. The average Bonchev–Trinajstić information content (AvgIpc) is 2.37. The van der Waals surface area contributed by atoms with Crippen LogP contribution in [0.15, 0.2) is 0 Å². The number of ketones is 1. The lowest BCUT2D eigenvalue weighted by Gasteiger charge is -2.25. The van der Waals surface area contributed by atoms with E-state index in [9.17, 15) is 4.79 Å². The smallest absolute Gasteiger partial charge is 0.163 e. The second-order valence-electron chi connectivity index (χ2n) is 4.18. The summed E-state index contributed by atoms with van der Waals surface area (Å²) in [6.07, 6.45) is 1.52. The molecule has 0 aromatic rings. The molecule has 1 aliphatic rings. The van der Waals surface area contributed by atoms with Crippen molar-refractivity contribution in [1.82, 2.24) is 9.80 Å². The van der Waals surface area contributed by atoms with Crippen molar-refractivity contribution >= 4 is 5.78 Å². The molecule has 3 heteroatoms. The highest BCUT2D eigenvalue weighted by molar-refractivity contribution is 5.86. The standard InChI is InChI=1S/C12H20N2O/c1-4-5-7-12(15)11-10-13(2)8-6-9-14(11)3/h11H,6-10H2,1-3H3. The number of hydrogen-bond donors (Lipinski definition) is 0. The first-order chi connectivity index (χ1) is 7.15. The monoisotopic (exact) mass is 208 g/mol. The van der Waals surface area contributed by atoms with Crippen LogP contribution in [0.3, 0.4) is 0 Å². The second kappa shape index (κ2) is 5.89. The third kappa shape index (κ3) is 3.65. The minimum atomic E-state index is 0.0262. The fourth-order valence-electron chi connectivity index (χ4n) is 1.91. The maximum Gasteiger partial charge on any atom is 0.163 e. The lowest BCUT2D eigenvalue weighted by Crippen LogP contribution is -2.43. The van der Waals surface area contributed by atoms with Crippen LogP contribution in [0.5, 0.6) is 0 Å². The summed E-state index contributed by atoms with van der Waals surface area (Å²) in [4.78, 5) is 16.3. The van der Waals surface area contributed by atoms with E-state index >= 15 is 0 Å². The van der Waals surface area contributed by atoms with Gasteiger partial charge in [0.25, 0.3) is 0 Å². The van der Waals surface area contributed by atoms with Gasteiger partial charge in [0, 0.05) is 6.54 Å². The molecular weight excluding hydrogens is 188 g/mol. The predicted octanol–water partition coefficient (Wildman–Crippen LogP) is 0.605. The largest absolute Gasteiger partial charge is 0.304 e. The summed E-state index contributed by atoms with van der Waals surface area (Å²) in [6.45, 7) is 4.69. The molecule has 1 unspecified atom stereocenters. The van der Waals surface area contributed by atoms with Gasteiger partial charge in [-0.25, -0.2) is 0 Å². The molecule has 0 aromatic carbocycles. The first-order valence-corrected chi connectivity index (χ1v) is 5.46. The summed E-state index contributed by atoms with van der Waals surface area (Å²) in [7, 11) is 4.10. The highest BCUT2D eigenvalue weighted by Crippen LogP contribution is 2.08. The molecule has 1 atom stereocenters. The van der Waals surface area contributed by atoms with Gasteiger partial charge in [0.05, 0.1) is 12.5 Å². The number of carbonyl (C=O) groups excluding carboxylic acids is 1. The van der Waals surface area contributed by atoms with Crippen molar-refractivity contribution in [3.8, 4) is 11.8 Å². The molecule has 1 saturated heterocycles. The van der Waals surface area contributed by atoms with Crippen molar-refractivity contribution in [2.45, 2.75) is 25.8 Å². The van der Waals surface area contributed by atoms with Crippen LogP contribution in [0.1, 0.15) is 19.8 Å². The van der Waals surface area contributed by atoms with Crippen molar-refractivity contribution in [3.63, 3.8) is 0 Å². The second-order valence-corrected chi connectivity index (χ2v) is 4.18. The van der Waals surface area contributed by atoms with E-state index in [4.69, 9.17) is 0 Å². The normalized spacial score (nSPS) is 24.1. The average molecular weight is 208 g/mol. The summed E-state index contributed by atoms with van der Waals surface area (Å²) in [5.74, 6) is 5.88. The van der Waals surface area contributed by atoms with Crippen LogP contribution in [0.4, 0.5) is 0 Å². The van der Waals surface area contributed by atoms with E-state index in [1.54, 1.807) is 6.92 Å². The van der Waals surface area contributed by atoms with Gasteiger partial charge in [-0.2, -0.15) is 0 Å². The summed E-state index contributed by atoms with van der Waals surface area (Å²) < 4.78 is 0. The van der Waals surface area contributed by atoms with Gasteiger partial charge in [0.15, 0.2) is 5.78 Å². The highest BCUT2D eigenvalue weighted by atomic mass is 16.1. The first kappa shape index (κ1) is 12.2. The van der Waals surface area contributed by atoms with Gasteiger partial charge < -0.3 is 4.90 Å². The highest BCUT2D eigenvalue weighted by Gasteiger charge is 2.25. The zero-order valence-electron chi connectivity index (χ0n) is 9.92. The maximum absolute atomic E-state index is 11.9. The van der Waals surface area contributed by atoms with Gasteiger partial charge in [-0.1, -0.05) is 5.92 Å². The van der Waals surface area contributed by atoms with Crippen molar-refractivity contribution in [3.05, 3.63) is 0 Å². The van der Waals surface area contributed by atoms with Gasteiger partial charge in [-0.05, 0) is 40.5 Å². The van der Waals surface area contributed by atoms with Crippen LogP contribution in [-0.2, 0) is 4.79 Å². The zero-order valence-corrected chi connectivity index (χ0v) is 9.92. The van der Waals surface area contributed by atoms with Gasteiger partial charge in [0.1, 0.15) is 0 Å². The van der Waals surface area contributed by atoms with Crippen molar-refractivity contribution in [2.75, 3.05) is 33.7 Å². The number of likely N-dealkylation sites (N-methyl/N-ethyl adjacent to an activating group) is 2. The molecule has 0 N–H and O–H groups in total. The zero-order chi connectivity index (χ0) is 11.3. The van der Waals surface area contributed by atoms with Gasteiger partial charge in [-0.3, -0.25) is 9.69 Å². The molecule has 0 amide bonds. The molecule has 1 heterocycles. The van der Waals surface area contributed by atoms with E-state index in [1.165, 1.54) is 0 Å². The van der Waals surface area contributed by atoms with Gasteiger partial charge in [0.2, 0.25) is 0 Å². The summed E-state index contributed by atoms with van der Waals surface area (Å²) in [5, 5.41) is 0. The molecule has 0 aromatic heterocycles. The minimum absolute atomic E-state index is 0.0262. The lowest BCUT2D eigenvalue weighted by atomic mass is 10.1. The molecule has 1 rings (SSSR count). The van der Waals surface area contributed by atoms with E-state index in [1.807, 2.05) is 7.05 Å². The molecular formula is C12H20N2O. The van der Waals surface area contributed by atoms with Crippen molar-refractivity contribution in [1.29, 1.82) is 0 Å². The molecule has 0 spiro atoms. The Morgan fingerprint density at radius 3 is 2.80 bits per heavy atom. The molecule has 15 heavy (non-hydrogen) atoms. The predicted molar refractivity (Wildman–Crippen MR) is 61.6 cm³/mol. The van der Waals surface area contributed by atoms with Crippen molar-refractivity contribution < 1.29 is 4.79 Å². The topological polar surface area (TPSA) is 23.6 Å². The van der Waals surface area contributed by atoms with Crippen LogP contribution in [-0.4, -0.2) is 55.4 Å². The van der Waals surface area contributed by atoms with Crippen LogP contribution in [0.25, 0.3) is 0 Å². The molecule has 0 bridgehead atoms. The quantitative estimate of drug-likeness (QED) is 0.621. The summed E-state index contributed by atoms with van der Waals surface area (Å²) >= 11 is 0. The Kier molecular flexibility index (Phi) is 4.80. The third-order valence-electron chi connectivity index (χ3n) is 2.88. The van der Waals surface area contributed by atoms with E-state index in [-0.39, 0.29) is 11.8 Å². The summed E-state index contributed by atoms with van der Waals surface area (Å²) in [5.41, 5.74) is 0. The third-order valence-corrected chi connectivity index (χ3v) is 2.88. The van der Waals surface area contributed by atoms with Crippen LogP contribution >= 0.6 is 0 Å².